The maximum Gasteiger partial charge on any atom is 0.270 e. The van der Waals surface area contributed by atoms with E-state index >= 15 is 0 Å². The standard InChI is InChI=1S/C19H17N7O3S/c27-26(28)14-3-1-2-13(10-14)17-22-16(29-23-17)11-24-5-7-25(8-6-24)18-15-4-9-30-19(15)21-12-20-18/h1-4,9-10,12H,5-8,11H2. The summed E-state index contributed by atoms with van der Waals surface area (Å²) in [6.07, 6.45) is 1.62. The summed E-state index contributed by atoms with van der Waals surface area (Å²) in [5, 5.41) is 18.1. The summed E-state index contributed by atoms with van der Waals surface area (Å²) in [5.74, 6) is 1.83. The number of hydrogen-bond donors (Lipinski definition) is 0. The first-order chi connectivity index (χ1) is 14.7. The lowest BCUT2D eigenvalue weighted by atomic mass is 10.2. The van der Waals surface area contributed by atoms with E-state index in [9.17, 15) is 10.1 Å². The third kappa shape index (κ3) is 3.60. The third-order valence-corrected chi connectivity index (χ3v) is 5.88. The van der Waals surface area contributed by atoms with E-state index in [1.165, 1.54) is 12.1 Å². The van der Waals surface area contributed by atoms with Crippen molar-refractivity contribution in [3.8, 4) is 11.4 Å². The van der Waals surface area contributed by atoms with E-state index in [-0.39, 0.29) is 5.69 Å². The van der Waals surface area contributed by atoms with Crippen molar-refractivity contribution in [1.29, 1.82) is 0 Å². The molecule has 0 unspecified atom stereocenters. The van der Waals surface area contributed by atoms with Gasteiger partial charge < -0.3 is 9.42 Å². The fourth-order valence-electron chi connectivity index (χ4n) is 3.53. The van der Waals surface area contributed by atoms with E-state index in [2.05, 4.69) is 36.0 Å². The van der Waals surface area contributed by atoms with Gasteiger partial charge in [0.25, 0.3) is 5.69 Å². The average Bonchev–Trinajstić information content (AvgIpc) is 3.44. The van der Waals surface area contributed by atoms with Crippen LogP contribution in [-0.4, -0.2) is 56.1 Å². The number of anilines is 1. The predicted molar refractivity (Wildman–Crippen MR) is 111 cm³/mol. The summed E-state index contributed by atoms with van der Waals surface area (Å²) in [6.45, 7) is 3.89. The molecule has 3 aromatic heterocycles. The van der Waals surface area contributed by atoms with Crippen LogP contribution in [-0.2, 0) is 6.54 Å². The van der Waals surface area contributed by atoms with Gasteiger partial charge in [0.15, 0.2) is 0 Å². The summed E-state index contributed by atoms with van der Waals surface area (Å²) in [4.78, 5) is 29.3. The molecule has 30 heavy (non-hydrogen) atoms. The summed E-state index contributed by atoms with van der Waals surface area (Å²) in [5.41, 5.74) is 0.562. The zero-order chi connectivity index (χ0) is 20.5. The number of hydrogen-bond acceptors (Lipinski definition) is 10. The average molecular weight is 423 g/mol. The van der Waals surface area contributed by atoms with Gasteiger partial charge in [-0.2, -0.15) is 4.98 Å². The van der Waals surface area contributed by atoms with Crippen LogP contribution in [0.1, 0.15) is 5.89 Å². The van der Waals surface area contributed by atoms with Crippen LogP contribution in [0.4, 0.5) is 11.5 Å². The van der Waals surface area contributed by atoms with E-state index in [4.69, 9.17) is 4.52 Å². The van der Waals surface area contributed by atoms with E-state index < -0.39 is 4.92 Å². The number of nitro benzene ring substituents is 1. The fraction of sp³-hybridized carbons (Fsp3) is 0.263. The molecular formula is C19H17N7O3S. The van der Waals surface area contributed by atoms with Crippen molar-refractivity contribution in [1.82, 2.24) is 25.0 Å². The molecule has 0 bridgehead atoms. The first kappa shape index (κ1) is 18.6. The van der Waals surface area contributed by atoms with Crippen molar-refractivity contribution in [2.24, 2.45) is 0 Å². The Kier molecular flexibility index (Phi) is 4.81. The van der Waals surface area contributed by atoms with Gasteiger partial charge in [0.05, 0.1) is 16.9 Å². The van der Waals surface area contributed by atoms with Crippen LogP contribution in [0.25, 0.3) is 21.6 Å². The highest BCUT2D eigenvalue weighted by Crippen LogP contribution is 2.27. The van der Waals surface area contributed by atoms with Gasteiger partial charge in [-0.1, -0.05) is 17.3 Å². The molecule has 4 heterocycles. The van der Waals surface area contributed by atoms with Crippen molar-refractivity contribution in [3.63, 3.8) is 0 Å². The van der Waals surface area contributed by atoms with Crippen molar-refractivity contribution in [2.75, 3.05) is 31.1 Å². The Labute approximate surface area is 174 Å². The lowest BCUT2D eigenvalue weighted by Gasteiger charge is -2.34. The second-order valence-corrected chi connectivity index (χ2v) is 7.81. The van der Waals surface area contributed by atoms with Crippen LogP contribution in [0.3, 0.4) is 0 Å². The highest BCUT2D eigenvalue weighted by Gasteiger charge is 2.22. The SMILES string of the molecule is O=[N+]([O-])c1cccc(-c2noc(CN3CCN(c4ncnc5sccc45)CC3)n2)c1. The van der Waals surface area contributed by atoms with E-state index in [0.717, 1.165) is 42.2 Å². The molecule has 1 aliphatic rings. The topological polar surface area (TPSA) is 114 Å². The maximum atomic E-state index is 11.0. The highest BCUT2D eigenvalue weighted by molar-refractivity contribution is 7.16. The molecular weight excluding hydrogens is 406 g/mol. The Bertz CT molecular complexity index is 1200. The monoisotopic (exact) mass is 423 g/mol. The molecule has 1 aromatic carbocycles. The first-order valence-corrected chi connectivity index (χ1v) is 10.3. The number of rotatable bonds is 5. The molecule has 1 fully saturated rings. The lowest BCUT2D eigenvalue weighted by Crippen LogP contribution is -2.46. The third-order valence-electron chi connectivity index (χ3n) is 5.05. The molecule has 0 aliphatic carbocycles. The summed E-state index contributed by atoms with van der Waals surface area (Å²) in [6, 6.07) is 8.29. The minimum absolute atomic E-state index is 0.000534. The number of nitro groups is 1. The summed E-state index contributed by atoms with van der Waals surface area (Å²) < 4.78 is 5.38. The van der Waals surface area contributed by atoms with Gasteiger partial charge in [-0.15, -0.1) is 11.3 Å². The van der Waals surface area contributed by atoms with Crippen molar-refractivity contribution in [3.05, 3.63) is 58.0 Å². The van der Waals surface area contributed by atoms with Crippen LogP contribution >= 0.6 is 11.3 Å². The van der Waals surface area contributed by atoms with Crippen molar-refractivity contribution >= 4 is 33.1 Å². The van der Waals surface area contributed by atoms with Gasteiger partial charge in [-0.3, -0.25) is 15.0 Å². The van der Waals surface area contributed by atoms with E-state index in [1.807, 2.05) is 5.38 Å². The molecule has 0 atom stereocenters. The predicted octanol–water partition coefficient (Wildman–Crippen LogP) is 2.97. The zero-order valence-electron chi connectivity index (χ0n) is 15.8. The second-order valence-electron chi connectivity index (χ2n) is 6.92. The van der Waals surface area contributed by atoms with Crippen LogP contribution in [0.5, 0.6) is 0 Å². The van der Waals surface area contributed by atoms with Gasteiger partial charge in [0.2, 0.25) is 11.7 Å². The molecule has 4 aromatic rings. The van der Waals surface area contributed by atoms with Gasteiger partial charge in [-0.05, 0) is 11.4 Å². The zero-order valence-corrected chi connectivity index (χ0v) is 16.7. The molecule has 0 radical (unpaired) electrons. The number of thiophene rings is 1. The Morgan fingerprint density at radius 1 is 1.17 bits per heavy atom. The quantitative estimate of drug-likeness (QED) is 0.353. The summed E-state index contributed by atoms with van der Waals surface area (Å²) >= 11 is 1.62. The molecule has 11 heteroatoms. The molecule has 5 rings (SSSR count). The molecule has 1 aliphatic heterocycles. The molecule has 0 saturated carbocycles. The Morgan fingerprint density at radius 3 is 2.87 bits per heavy atom. The van der Waals surface area contributed by atoms with Crippen LogP contribution in [0.2, 0.25) is 0 Å². The molecule has 152 valence electrons. The van der Waals surface area contributed by atoms with Crippen molar-refractivity contribution in [2.45, 2.75) is 6.54 Å². The van der Waals surface area contributed by atoms with E-state index in [0.29, 0.717) is 23.8 Å². The number of non-ortho nitro benzene ring substituents is 1. The highest BCUT2D eigenvalue weighted by atomic mass is 32.1. The largest absolute Gasteiger partial charge is 0.353 e. The molecule has 0 amide bonds. The number of nitrogens with zero attached hydrogens (tertiary/aromatic N) is 7. The molecule has 0 spiro atoms. The fourth-order valence-corrected chi connectivity index (χ4v) is 4.26. The van der Waals surface area contributed by atoms with Gasteiger partial charge in [0.1, 0.15) is 17.0 Å². The Morgan fingerprint density at radius 2 is 2.03 bits per heavy atom. The Hall–Kier alpha value is -3.44. The number of piperazine rings is 1. The van der Waals surface area contributed by atoms with Gasteiger partial charge in [0, 0.05) is 43.9 Å². The number of fused-ring (bicyclic) bond motifs is 1. The Balaban J connectivity index is 1.24. The smallest absolute Gasteiger partial charge is 0.270 e. The summed E-state index contributed by atoms with van der Waals surface area (Å²) in [7, 11) is 0. The van der Waals surface area contributed by atoms with Crippen LogP contribution in [0.15, 0.2) is 46.6 Å². The maximum absolute atomic E-state index is 11.0. The normalized spacial score (nSPS) is 15.0. The van der Waals surface area contributed by atoms with Gasteiger partial charge in [-0.25, -0.2) is 9.97 Å². The van der Waals surface area contributed by atoms with Crippen LogP contribution in [0, 0.1) is 10.1 Å². The van der Waals surface area contributed by atoms with E-state index in [1.54, 1.807) is 29.8 Å². The van der Waals surface area contributed by atoms with Crippen molar-refractivity contribution < 1.29 is 9.45 Å². The number of aromatic nitrogens is 4. The second kappa shape index (κ2) is 7.76. The minimum atomic E-state index is -0.439. The van der Waals surface area contributed by atoms with Gasteiger partial charge >= 0.3 is 0 Å². The molecule has 10 nitrogen and oxygen atoms in total. The number of benzene rings is 1. The minimum Gasteiger partial charge on any atom is -0.353 e. The molecule has 0 N–H and O–H groups in total. The lowest BCUT2D eigenvalue weighted by molar-refractivity contribution is -0.384. The molecule has 1 saturated heterocycles. The first-order valence-electron chi connectivity index (χ1n) is 9.40. The van der Waals surface area contributed by atoms with Crippen LogP contribution < -0.4 is 4.90 Å².